The van der Waals surface area contributed by atoms with Crippen LogP contribution in [-0.4, -0.2) is 50.2 Å². The Morgan fingerprint density at radius 3 is 2.70 bits per heavy atom. The minimum absolute atomic E-state index is 0.0731. The van der Waals surface area contributed by atoms with E-state index in [1.54, 1.807) is 7.11 Å². The van der Waals surface area contributed by atoms with Gasteiger partial charge in [0.05, 0.1) is 7.11 Å². The van der Waals surface area contributed by atoms with Gasteiger partial charge in [0.25, 0.3) is 5.91 Å². The van der Waals surface area contributed by atoms with Gasteiger partial charge in [-0.1, -0.05) is 30.7 Å². The van der Waals surface area contributed by atoms with Gasteiger partial charge >= 0.3 is 0 Å². The first-order valence-electron chi connectivity index (χ1n) is 10.7. The third-order valence-corrected chi connectivity index (χ3v) is 5.54. The molecule has 0 spiro atoms. The Morgan fingerprint density at radius 1 is 1.17 bits per heavy atom. The van der Waals surface area contributed by atoms with Crippen molar-refractivity contribution in [2.45, 2.75) is 39.3 Å². The zero-order valence-corrected chi connectivity index (χ0v) is 18.2. The minimum atomic E-state index is -0.205. The Balaban J connectivity index is 1.48. The van der Waals surface area contributed by atoms with Gasteiger partial charge in [0.1, 0.15) is 0 Å². The summed E-state index contributed by atoms with van der Waals surface area (Å²) in [6.07, 6.45) is 2.55. The van der Waals surface area contributed by atoms with Crippen LogP contribution in [0.1, 0.15) is 30.9 Å². The number of anilines is 1. The zero-order chi connectivity index (χ0) is 21.3. The molecule has 1 heterocycles. The lowest BCUT2D eigenvalue weighted by molar-refractivity contribution is -0.118. The van der Waals surface area contributed by atoms with E-state index in [-0.39, 0.29) is 12.5 Å². The first kappa shape index (κ1) is 22.1. The summed E-state index contributed by atoms with van der Waals surface area (Å²) in [5.74, 6) is 0.991. The number of nitrogens with one attached hydrogen (secondary N) is 2. The second kappa shape index (κ2) is 11.0. The quantitative estimate of drug-likeness (QED) is 0.626. The summed E-state index contributed by atoms with van der Waals surface area (Å²) in [7, 11) is 1.61. The van der Waals surface area contributed by atoms with E-state index in [1.165, 1.54) is 19.4 Å². The topological polar surface area (TPSA) is 62.8 Å². The average molecular weight is 412 g/mol. The minimum Gasteiger partial charge on any atom is -0.493 e. The van der Waals surface area contributed by atoms with Crippen molar-refractivity contribution in [2.24, 2.45) is 0 Å². The van der Waals surface area contributed by atoms with Gasteiger partial charge in [0.2, 0.25) is 0 Å². The number of nitrogens with zero attached hydrogens (tertiary/aromatic N) is 1. The molecule has 2 aromatic rings. The van der Waals surface area contributed by atoms with Crippen molar-refractivity contribution in [3.8, 4) is 11.5 Å². The number of likely N-dealkylation sites (tertiary alicyclic amines) is 1. The van der Waals surface area contributed by atoms with E-state index < -0.39 is 0 Å². The molecule has 6 heteroatoms. The number of likely N-dealkylation sites (N-methyl/N-ethyl adjacent to an activating group) is 1. The number of benzene rings is 2. The predicted octanol–water partition coefficient (Wildman–Crippen LogP) is 3.60. The average Bonchev–Trinajstić information content (AvgIpc) is 3.22. The Hall–Kier alpha value is -2.57. The number of rotatable bonds is 10. The summed E-state index contributed by atoms with van der Waals surface area (Å²) in [6, 6.07) is 14.1. The molecule has 1 aliphatic rings. The van der Waals surface area contributed by atoms with E-state index in [9.17, 15) is 4.79 Å². The van der Waals surface area contributed by atoms with E-state index in [0.29, 0.717) is 17.5 Å². The molecule has 0 bridgehead atoms. The molecular weight excluding hydrogens is 378 g/mol. The Labute approximate surface area is 179 Å². The molecule has 1 aliphatic heterocycles. The monoisotopic (exact) mass is 411 g/mol. The number of hydrogen-bond acceptors (Lipinski definition) is 5. The molecule has 30 heavy (non-hydrogen) atoms. The lowest BCUT2D eigenvalue weighted by Crippen LogP contribution is -2.37. The van der Waals surface area contributed by atoms with Crippen LogP contribution in [0.4, 0.5) is 5.69 Å². The maximum absolute atomic E-state index is 12.2. The number of hydrogen-bond donors (Lipinski definition) is 2. The smallest absolute Gasteiger partial charge is 0.262 e. The number of ether oxygens (including phenoxy) is 2. The van der Waals surface area contributed by atoms with E-state index >= 15 is 0 Å². The molecule has 0 saturated carbocycles. The standard InChI is InChI=1S/C24H33N3O3/c1-4-27-13-5-6-21(27)16-25-15-19-9-12-22(23(14-19)29-3)30-17-24(28)26-20-10-7-18(2)8-11-20/h7-12,14,21,25H,4-6,13,15-17H2,1-3H3,(H,26,28). The van der Waals surface area contributed by atoms with Crippen LogP contribution in [0, 0.1) is 6.92 Å². The summed E-state index contributed by atoms with van der Waals surface area (Å²) in [4.78, 5) is 14.7. The fourth-order valence-electron chi connectivity index (χ4n) is 3.84. The molecule has 1 unspecified atom stereocenters. The molecule has 2 N–H and O–H groups in total. The first-order chi connectivity index (χ1) is 14.6. The predicted molar refractivity (Wildman–Crippen MR) is 120 cm³/mol. The molecule has 0 aromatic heterocycles. The second-order valence-electron chi connectivity index (χ2n) is 7.74. The summed E-state index contributed by atoms with van der Waals surface area (Å²) in [5, 5.41) is 6.39. The van der Waals surface area contributed by atoms with Crippen molar-refractivity contribution in [1.29, 1.82) is 0 Å². The molecule has 0 radical (unpaired) electrons. The highest BCUT2D eigenvalue weighted by Gasteiger charge is 2.22. The molecule has 1 atom stereocenters. The van der Waals surface area contributed by atoms with Gasteiger partial charge in [-0.05, 0) is 62.7 Å². The molecule has 2 aromatic carbocycles. The van der Waals surface area contributed by atoms with Crippen LogP contribution in [0.25, 0.3) is 0 Å². The second-order valence-corrected chi connectivity index (χ2v) is 7.74. The van der Waals surface area contributed by atoms with Crippen LogP contribution in [0.5, 0.6) is 11.5 Å². The van der Waals surface area contributed by atoms with Gasteiger partial charge < -0.3 is 20.1 Å². The Bertz CT molecular complexity index is 823. The van der Waals surface area contributed by atoms with Gasteiger partial charge in [-0.3, -0.25) is 9.69 Å². The third kappa shape index (κ3) is 6.21. The van der Waals surface area contributed by atoms with Gasteiger partial charge in [-0.15, -0.1) is 0 Å². The van der Waals surface area contributed by atoms with Crippen LogP contribution in [0.3, 0.4) is 0 Å². The van der Waals surface area contributed by atoms with Gasteiger partial charge in [0, 0.05) is 24.8 Å². The molecule has 162 valence electrons. The first-order valence-corrected chi connectivity index (χ1v) is 10.7. The van der Waals surface area contributed by atoms with Crippen molar-refractivity contribution >= 4 is 11.6 Å². The molecule has 3 rings (SSSR count). The highest BCUT2D eigenvalue weighted by molar-refractivity contribution is 5.91. The molecule has 6 nitrogen and oxygen atoms in total. The third-order valence-electron chi connectivity index (χ3n) is 5.54. The highest BCUT2D eigenvalue weighted by Crippen LogP contribution is 2.28. The number of methoxy groups -OCH3 is 1. The SMILES string of the molecule is CCN1CCCC1CNCc1ccc(OCC(=O)Nc2ccc(C)cc2)c(OC)c1. The number of amides is 1. The number of carbonyl (C=O) groups excluding carboxylic acids is 1. The maximum Gasteiger partial charge on any atom is 0.262 e. The van der Waals surface area contributed by atoms with Gasteiger partial charge in [-0.2, -0.15) is 0 Å². The van der Waals surface area contributed by atoms with E-state index in [4.69, 9.17) is 9.47 Å². The fraction of sp³-hybridized carbons (Fsp3) is 0.458. The molecule has 1 amide bonds. The Kier molecular flexibility index (Phi) is 8.11. The fourth-order valence-corrected chi connectivity index (χ4v) is 3.84. The molecular formula is C24H33N3O3. The molecule has 1 saturated heterocycles. The van der Waals surface area contributed by atoms with Crippen LogP contribution in [-0.2, 0) is 11.3 Å². The Morgan fingerprint density at radius 2 is 1.97 bits per heavy atom. The van der Waals surface area contributed by atoms with Crippen LogP contribution >= 0.6 is 0 Å². The van der Waals surface area contributed by atoms with Crippen LogP contribution < -0.4 is 20.1 Å². The van der Waals surface area contributed by atoms with Crippen molar-refractivity contribution in [1.82, 2.24) is 10.2 Å². The number of carbonyl (C=O) groups is 1. The van der Waals surface area contributed by atoms with Crippen molar-refractivity contribution in [3.05, 3.63) is 53.6 Å². The normalized spacial score (nSPS) is 16.4. The van der Waals surface area contributed by atoms with Crippen LogP contribution in [0.2, 0.25) is 0 Å². The van der Waals surface area contributed by atoms with Crippen molar-refractivity contribution in [2.75, 3.05) is 38.7 Å². The summed E-state index contributed by atoms with van der Waals surface area (Å²) in [6.45, 7) is 8.25. The zero-order valence-electron chi connectivity index (χ0n) is 18.2. The molecule has 1 fully saturated rings. The van der Waals surface area contributed by atoms with Gasteiger partial charge in [-0.25, -0.2) is 0 Å². The summed E-state index contributed by atoms with van der Waals surface area (Å²) < 4.78 is 11.2. The van der Waals surface area contributed by atoms with Crippen molar-refractivity contribution in [3.63, 3.8) is 0 Å². The molecule has 0 aliphatic carbocycles. The lowest BCUT2D eigenvalue weighted by Gasteiger charge is -2.23. The maximum atomic E-state index is 12.2. The largest absolute Gasteiger partial charge is 0.493 e. The van der Waals surface area contributed by atoms with Crippen molar-refractivity contribution < 1.29 is 14.3 Å². The van der Waals surface area contributed by atoms with Gasteiger partial charge in [0.15, 0.2) is 18.1 Å². The van der Waals surface area contributed by atoms with E-state index in [0.717, 1.165) is 36.4 Å². The number of aryl methyl sites for hydroxylation is 1. The summed E-state index contributed by atoms with van der Waals surface area (Å²) >= 11 is 0. The lowest BCUT2D eigenvalue weighted by atomic mass is 10.2. The van der Waals surface area contributed by atoms with E-state index in [2.05, 4.69) is 22.5 Å². The highest BCUT2D eigenvalue weighted by atomic mass is 16.5. The van der Waals surface area contributed by atoms with E-state index in [1.807, 2.05) is 49.4 Å². The summed E-state index contributed by atoms with van der Waals surface area (Å²) in [5.41, 5.74) is 3.03. The van der Waals surface area contributed by atoms with Crippen LogP contribution in [0.15, 0.2) is 42.5 Å².